The van der Waals surface area contributed by atoms with Crippen molar-refractivity contribution in [3.8, 4) is 0 Å². The van der Waals surface area contributed by atoms with Crippen LogP contribution >= 0.6 is 0 Å². The number of hydrogen-bond acceptors (Lipinski definition) is 4. The van der Waals surface area contributed by atoms with E-state index in [1.807, 2.05) is 20.8 Å². The lowest BCUT2D eigenvalue weighted by Crippen LogP contribution is -2.49. The average Bonchev–Trinajstić information content (AvgIpc) is 2.53. The molecular formula is C19H39N5O2. The number of hydrogen-bond donors (Lipinski definition) is 3. The molecule has 1 fully saturated rings. The van der Waals surface area contributed by atoms with Gasteiger partial charge >= 0.3 is 6.09 Å². The largest absolute Gasteiger partial charge is 0.444 e. The standard InChI is InChI=1S/C19H39N5O2/c1-7-20-17(23-16-9-13-24(14-10-16)15(2)3)21-11-8-12-22-18(25)26-19(4,5)6/h15-16H,7-14H2,1-6H3,(H,22,25)(H2,20,21,23). The van der Waals surface area contributed by atoms with Crippen molar-refractivity contribution in [2.75, 3.05) is 32.7 Å². The van der Waals surface area contributed by atoms with Gasteiger partial charge in [-0.25, -0.2) is 4.79 Å². The lowest BCUT2D eigenvalue weighted by Gasteiger charge is -2.35. The maximum atomic E-state index is 11.6. The predicted octanol–water partition coefficient (Wildman–Crippen LogP) is 2.33. The highest BCUT2D eigenvalue weighted by Crippen LogP contribution is 2.12. The molecule has 1 rings (SSSR count). The first-order valence-electron chi connectivity index (χ1n) is 9.97. The zero-order valence-corrected chi connectivity index (χ0v) is 17.5. The Morgan fingerprint density at radius 1 is 1.23 bits per heavy atom. The van der Waals surface area contributed by atoms with Crippen molar-refractivity contribution >= 4 is 12.1 Å². The third-order valence-electron chi connectivity index (χ3n) is 4.22. The van der Waals surface area contributed by atoms with Crippen LogP contribution in [0.2, 0.25) is 0 Å². The second kappa shape index (κ2) is 11.3. The number of alkyl carbamates (subject to hydrolysis) is 1. The summed E-state index contributed by atoms with van der Waals surface area (Å²) in [6, 6.07) is 1.10. The van der Waals surface area contributed by atoms with Crippen LogP contribution < -0.4 is 16.0 Å². The molecule has 0 atom stereocenters. The molecule has 1 saturated heterocycles. The minimum Gasteiger partial charge on any atom is -0.444 e. The fourth-order valence-electron chi connectivity index (χ4n) is 2.85. The number of ether oxygens (including phenoxy) is 1. The Hall–Kier alpha value is -1.50. The molecule has 0 aromatic carbocycles. The minimum absolute atomic E-state index is 0.372. The van der Waals surface area contributed by atoms with Gasteiger partial charge in [0.2, 0.25) is 0 Å². The summed E-state index contributed by atoms with van der Waals surface area (Å²) in [5.41, 5.74) is -0.463. The lowest BCUT2D eigenvalue weighted by atomic mass is 10.0. The van der Waals surface area contributed by atoms with Gasteiger partial charge in [0.15, 0.2) is 5.96 Å². The van der Waals surface area contributed by atoms with Crippen molar-refractivity contribution < 1.29 is 9.53 Å². The van der Waals surface area contributed by atoms with Gasteiger partial charge in [-0.15, -0.1) is 0 Å². The van der Waals surface area contributed by atoms with Gasteiger partial charge < -0.3 is 25.6 Å². The summed E-state index contributed by atoms with van der Waals surface area (Å²) in [4.78, 5) is 18.7. The SMILES string of the molecule is CCNC(=NCCCNC(=O)OC(C)(C)C)NC1CCN(C(C)C)CC1. The van der Waals surface area contributed by atoms with Crippen molar-refractivity contribution in [1.29, 1.82) is 0 Å². The second-order valence-corrected chi connectivity index (χ2v) is 8.09. The first-order valence-corrected chi connectivity index (χ1v) is 9.97. The second-order valence-electron chi connectivity index (χ2n) is 8.09. The highest BCUT2D eigenvalue weighted by Gasteiger charge is 2.21. The average molecular weight is 370 g/mol. The van der Waals surface area contributed by atoms with E-state index in [0.29, 0.717) is 25.2 Å². The monoisotopic (exact) mass is 369 g/mol. The first-order chi connectivity index (χ1) is 12.2. The quantitative estimate of drug-likeness (QED) is 0.365. The van der Waals surface area contributed by atoms with E-state index >= 15 is 0 Å². The van der Waals surface area contributed by atoms with Crippen LogP contribution in [0.15, 0.2) is 4.99 Å². The fourth-order valence-corrected chi connectivity index (χ4v) is 2.85. The van der Waals surface area contributed by atoms with Crippen LogP contribution in [0.5, 0.6) is 0 Å². The Balaban J connectivity index is 2.30. The van der Waals surface area contributed by atoms with Gasteiger partial charge in [0, 0.05) is 44.8 Å². The Morgan fingerprint density at radius 2 is 1.88 bits per heavy atom. The molecule has 7 heteroatoms. The van der Waals surface area contributed by atoms with E-state index in [1.54, 1.807) is 0 Å². The van der Waals surface area contributed by atoms with Crippen molar-refractivity contribution in [2.24, 2.45) is 4.99 Å². The van der Waals surface area contributed by atoms with E-state index in [4.69, 9.17) is 4.74 Å². The summed E-state index contributed by atoms with van der Waals surface area (Å²) in [6.45, 7) is 16.5. The van der Waals surface area contributed by atoms with E-state index in [1.165, 1.54) is 0 Å². The van der Waals surface area contributed by atoms with Crippen LogP contribution in [0.4, 0.5) is 4.79 Å². The number of aliphatic imine (C=N–C) groups is 1. The molecule has 0 aromatic rings. The van der Waals surface area contributed by atoms with Crippen LogP contribution in [-0.4, -0.2) is 67.4 Å². The van der Waals surface area contributed by atoms with Crippen molar-refractivity contribution in [2.45, 2.75) is 78.5 Å². The molecule has 1 amide bonds. The van der Waals surface area contributed by atoms with E-state index < -0.39 is 5.60 Å². The molecule has 0 saturated carbocycles. The highest BCUT2D eigenvalue weighted by molar-refractivity contribution is 5.80. The van der Waals surface area contributed by atoms with Crippen molar-refractivity contribution in [3.63, 3.8) is 0 Å². The van der Waals surface area contributed by atoms with Gasteiger partial charge in [0.25, 0.3) is 0 Å². The number of amides is 1. The maximum absolute atomic E-state index is 11.6. The van der Waals surface area contributed by atoms with Crippen LogP contribution in [0, 0.1) is 0 Å². The zero-order valence-electron chi connectivity index (χ0n) is 17.5. The van der Waals surface area contributed by atoms with Crippen LogP contribution in [0.1, 0.15) is 60.8 Å². The Bertz CT molecular complexity index is 438. The van der Waals surface area contributed by atoms with E-state index in [2.05, 4.69) is 46.6 Å². The summed E-state index contributed by atoms with van der Waals surface area (Å²) in [6.07, 6.45) is 2.69. The number of rotatable bonds is 7. The van der Waals surface area contributed by atoms with E-state index in [0.717, 1.165) is 44.9 Å². The normalized spacial score (nSPS) is 17.3. The highest BCUT2D eigenvalue weighted by atomic mass is 16.6. The van der Waals surface area contributed by atoms with Gasteiger partial charge in [0.05, 0.1) is 0 Å². The number of guanidine groups is 1. The van der Waals surface area contributed by atoms with Gasteiger partial charge in [-0.3, -0.25) is 4.99 Å². The lowest BCUT2D eigenvalue weighted by molar-refractivity contribution is 0.0527. The molecule has 0 aromatic heterocycles. The molecule has 0 radical (unpaired) electrons. The molecule has 26 heavy (non-hydrogen) atoms. The van der Waals surface area contributed by atoms with Crippen molar-refractivity contribution in [3.05, 3.63) is 0 Å². The number of carbonyl (C=O) groups is 1. The van der Waals surface area contributed by atoms with E-state index in [9.17, 15) is 4.79 Å². The van der Waals surface area contributed by atoms with Crippen LogP contribution in [0.25, 0.3) is 0 Å². The van der Waals surface area contributed by atoms with Gasteiger partial charge in [-0.05, 0) is 60.8 Å². The number of likely N-dealkylation sites (tertiary alicyclic amines) is 1. The number of nitrogens with one attached hydrogen (secondary N) is 3. The zero-order chi connectivity index (χ0) is 19.6. The smallest absolute Gasteiger partial charge is 0.407 e. The predicted molar refractivity (Wildman–Crippen MR) is 108 cm³/mol. The Labute approximate surface area is 159 Å². The summed E-state index contributed by atoms with van der Waals surface area (Å²) in [7, 11) is 0. The van der Waals surface area contributed by atoms with Crippen molar-refractivity contribution in [1.82, 2.24) is 20.9 Å². The van der Waals surface area contributed by atoms with Crippen LogP contribution in [0.3, 0.4) is 0 Å². The molecule has 7 nitrogen and oxygen atoms in total. The van der Waals surface area contributed by atoms with Gasteiger partial charge in [0.1, 0.15) is 5.60 Å². The molecular weight excluding hydrogens is 330 g/mol. The number of piperidine rings is 1. The fraction of sp³-hybridized carbons (Fsp3) is 0.895. The Morgan fingerprint density at radius 3 is 2.42 bits per heavy atom. The summed E-state index contributed by atoms with van der Waals surface area (Å²) < 4.78 is 5.22. The summed E-state index contributed by atoms with van der Waals surface area (Å²) in [5.74, 6) is 0.868. The molecule has 1 aliphatic rings. The molecule has 1 aliphatic heterocycles. The van der Waals surface area contributed by atoms with E-state index in [-0.39, 0.29) is 6.09 Å². The first kappa shape index (κ1) is 22.5. The Kier molecular flexibility index (Phi) is 9.76. The molecule has 0 bridgehead atoms. The molecule has 0 unspecified atom stereocenters. The topological polar surface area (TPSA) is 78.0 Å². The molecule has 152 valence electrons. The molecule has 0 spiro atoms. The summed E-state index contributed by atoms with van der Waals surface area (Å²) in [5, 5.41) is 9.62. The summed E-state index contributed by atoms with van der Waals surface area (Å²) >= 11 is 0. The van der Waals surface area contributed by atoms with Crippen LogP contribution in [-0.2, 0) is 4.74 Å². The number of carbonyl (C=O) groups excluding carboxylic acids is 1. The van der Waals surface area contributed by atoms with Gasteiger partial charge in [-0.2, -0.15) is 0 Å². The molecule has 1 heterocycles. The minimum atomic E-state index is -0.463. The third-order valence-corrected chi connectivity index (χ3v) is 4.22. The molecule has 3 N–H and O–H groups in total. The maximum Gasteiger partial charge on any atom is 0.407 e. The third kappa shape index (κ3) is 9.85. The van der Waals surface area contributed by atoms with Gasteiger partial charge in [-0.1, -0.05) is 0 Å². The molecule has 0 aliphatic carbocycles. The number of nitrogens with zero attached hydrogens (tertiary/aromatic N) is 2.